The summed E-state index contributed by atoms with van der Waals surface area (Å²) < 4.78 is 81.8. The van der Waals surface area contributed by atoms with Crippen molar-refractivity contribution in [3.05, 3.63) is 35.9 Å². The van der Waals surface area contributed by atoms with Crippen LogP contribution in [0.3, 0.4) is 0 Å². The maximum atomic E-state index is 12.4. The summed E-state index contributed by atoms with van der Waals surface area (Å²) in [6.45, 7) is 0. The van der Waals surface area contributed by atoms with Crippen LogP contribution in [0.1, 0.15) is 6.93 Å². The SMILES string of the molecule is [2H]C(c1ccccc1)C(O)(C(F)(F)F)C(F)(F)F. The van der Waals surface area contributed by atoms with Crippen LogP contribution in [0.4, 0.5) is 26.3 Å². The number of aliphatic hydroxyl groups is 1. The third-order valence-corrected chi connectivity index (χ3v) is 2.04. The van der Waals surface area contributed by atoms with E-state index in [1.165, 1.54) is 18.2 Å². The molecule has 0 heterocycles. The molecule has 7 heteroatoms. The van der Waals surface area contributed by atoms with E-state index in [4.69, 9.17) is 6.48 Å². The van der Waals surface area contributed by atoms with Crippen molar-refractivity contribution in [1.29, 1.82) is 0 Å². The number of alkyl halides is 6. The molecule has 0 aliphatic carbocycles. The zero-order valence-corrected chi connectivity index (χ0v) is 8.18. The Balaban J connectivity index is 3.30. The Morgan fingerprint density at radius 1 is 0.941 bits per heavy atom. The Bertz CT molecular complexity index is 385. The molecule has 0 bridgehead atoms. The van der Waals surface area contributed by atoms with Crippen molar-refractivity contribution in [2.45, 2.75) is 24.4 Å². The Kier molecular flexibility index (Phi) is 3.03. The maximum Gasteiger partial charge on any atom is 0.426 e. The number of rotatable bonds is 2. The molecule has 0 fully saturated rings. The van der Waals surface area contributed by atoms with Crippen molar-refractivity contribution in [3.8, 4) is 0 Å². The van der Waals surface area contributed by atoms with Gasteiger partial charge in [-0.15, -0.1) is 0 Å². The summed E-state index contributed by atoms with van der Waals surface area (Å²) in [5.41, 5.74) is -5.67. The van der Waals surface area contributed by atoms with Crippen molar-refractivity contribution < 1.29 is 32.8 Å². The Labute approximate surface area is 94.1 Å². The van der Waals surface area contributed by atoms with Gasteiger partial charge in [-0.3, -0.25) is 0 Å². The van der Waals surface area contributed by atoms with Crippen molar-refractivity contribution in [2.75, 3.05) is 0 Å². The molecule has 0 aliphatic heterocycles. The van der Waals surface area contributed by atoms with Gasteiger partial charge in [-0.25, -0.2) is 0 Å². The number of hydrogen-bond donors (Lipinski definition) is 1. The van der Waals surface area contributed by atoms with Crippen molar-refractivity contribution in [3.63, 3.8) is 0 Å². The van der Waals surface area contributed by atoms with E-state index in [1.807, 2.05) is 0 Å². The lowest BCUT2D eigenvalue weighted by molar-refractivity contribution is -0.367. The van der Waals surface area contributed by atoms with Gasteiger partial charge in [-0.1, -0.05) is 30.3 Å². The smallest absolute Gasteiger partial charge is 0.373 e. The molecule has 96 valence electrons. The lowest BCUT2D eigenvalue weighted by atomic mass is 9.93. The van der Waals surface area contributed by atoms with Gasteiger partial charge in [0.2, 0.25) is 0 Å². The van der Waals surface area contributed by atoms with Gasteiger partial charge >= 0.3 is 12.4 Å². The summed E-state index contributed by atoms with van der Waals surface area (Å²) in [5.74, 6) is 0. The van der Waals surface area contributed by atoms with Crippen LogP contribution in [0.5, 0.6) is 0 Å². The molecule has 0 saturated carbocycles. The van der Waals surface area contributed by atoms with Crippen molar-refractivity contribution in [1.82, 2.24) is 0 Å². The second-order valence-electron chi connectivity index (χ2n) is 3.32. The van der Waals surface area contributed by atoms with E-state index in [-0.39, 0.29) is 0 Å². The third kappa shape index (κ3) is 2.71. The average Bonchev–Trinajstić information content (AvgIpc) is 2.25. The van der Waals surface area contributed by atoms with Gasteiger partial charge in [0.25, 0.3) is 5.60 Å². The van der Waals surface area contributed by atoms with Crippen LogP contribution in [0.2, 0.25) is 0 Å². The molecule has 1 unspecified atom stereocenters. The predicted octanol–water partition coefficient (Wildman–Crippen LogP) is 3.08. The van der Waals surface area contributed by atoms with Gasteiger partial charge in [0, 0.05) is 7.77 Å². The largest absolute Gasteiger partial charge is 0.426 e. The Morgan fingerprint density at radius 2 is 1.35 bits per heavy atom. The zero-order chi connectivity index (χ0) is 14.2. The molecule has 0 aromatic heterocycles. The monoisotopic (exact) mass is 259 g/mol. The van der Waals surface area contributed by atoms with E-state index in [0.717, 1.165) is 12.1 Å². The summed E-state index contributed by atoms with van der Waals surface area (Å²) in [5, 5.41) is 8.97. The minimum absolute atomic E-state index is 0.574. The fourth-order valence-corrected chi connectivity index (χ4v) is 1.11. The molecule has 1 rings (SSSR count). The van der Waals surface area contributed by atoms with Gasteiger partial charge < -0.3 is 5.11 Å². The molecule has 1 aromatic carbocycles. The molecule has 0 saturated heterocycles. The van der Waals surface area contributed by atoms with Crippen LogP contribution in [0.15, 0.2) is 30.3 Å². The molecule has 0 radical (unpaired) electrons. The minimum Gasteiger partial charge on any atom is -0.373 e. The highest BCUT2D eigenvalue weighted by Crippen LogP contribution is 2.44. The first-order chi connectivity index (χ1) is 8.02. The molecule has 1 N–H and O–H groups in total. The van der Waals surface area contributed by atoms with Crippen LogP contribution < -0.4 is 0 Å². The summed E-state index contributed by atoms with van der Waals surface area (Å²) in [6.07, 6.45) is -14.9. The molecule has 17 heavy (non-hydrogen) atoms. The first-order valence-electron chi connectivity index (χ1n) is 4.92. The normalized spacial score (nSPS) is 16.5. The predicted molar refractivity (Wildman–Crippen MR) is 47.2 cm³/mol. The van der Waals surface area contributed by atoms with Crippen LogP contribution >= 0.6 is 0 Å². The molecular weight excluding hydrogens is 250 g/mol. The second-order valence-corrected chi connectivity index (χ2v) is 3.32. The van der Waals surface area contributed by atoms with Crippen molar-refractivity contribution >= 4 is 0 Å². The zero-order valence-electron chi connectivity index (χ0n) is 9.18. The fraction of sp³-hybridized carbons (Fsp3) is 0.400. The maximum absolute atomic E-state index is 12.4. The highest BCUT2D eigenvalue weighted by molar-refractivity contribution is 5.19. The summed E-state index contributed by atoms with van der Waals surface area (Å²) in [6, 6.07) is 5.57. The second kappa shape index (κ2) is 4.21. The van der Waals surface area contributed by atoms with Gasteiger partial charge in [0.15, 0.2) is 0 Å². The lowest BCUT2D eigenvalue weighted by Gasteiger charge is -2.32. The average molecular weight is 259 g/mol. The molecule has 0 spiro atoms. The minimum atomic E-state index is -5.99. The lowest BCUT2D eigenvalue weighted by Crippen LogP contribution is -2.58. The number of hydrogen-bond acceptors (Lipinski definition) is 1. The van der Waals surface area contributed by atoms with E-state index in [9.17, 15) is 26.3 Å². The highest BCUT2D eigenvalue weighted by atomic mass is 19.4. The first-order valence-corrected chi connectivity index (χ1v) is 4.35. The van der Waals surface area contributed by atoms with Gasteiger partial charge in [0.1, 0.15) is 0 Å². The Morgan fingerprint density at radius 3 is 1.71 bits per heavy atom. The summed E-state index contributed by atoms with van der Waals surface area (Å²) in [4.78, 5) is 0. The van der Waals surface area contributed by atoms with Crippen LogP contribution in [-0.2, 0) is 6.40 Å². The summed E-state index contributed by atoms with van der Waals surface area (Å²) >= 11 is 0. The topological polar surface area (TPSA) is 20.2 Å². The van der Waals surface area contributed by atoms with Gasteiger partial charge in [-0.05, 0) is 5.56 Å². The van der Waals surface area contributed by atoms with E-state index in [0.29, 0.717) is 0 Å². The van der Waals surface area contributed by atoms with Crippen molar-refractivity contribution in [2.24, 2.45) is 0 Å². The number of benzene rings is 1. The van der Waals surface area contributed by atoms with Crippen LogP contribution in [-0.4, -0.2) is 23.1 Å². The number of halogens is 6. The van der Waals surface area contributed by atoms with Gasteiger partial charge in [0.05, 0.1) is 0 Å². The van der Waals surface area contributed by atoms with E-state index >= 15 is 0 Å². The molecule has 1 nitrogen and oxygen atoms in total. The first kappa shape index (κ1) is 12.2. The van der Waals surface area contributed by atoms with Crippen LogP contribution in [0, 0.1) is 0 Å². The van der Waals surface area contributed by atoms with Crippen LogP contribution in [0.25, 0.3) is 0 Å². The molecule has 0 aliphatic rings. The molecule has 0 amide bonds. The molecular formula is C10H8F6O. The van der Waals surface area contributed by atoms with E-state index in [2.05, 4.69) is 0 Å². The fourth-order valence-electron chi connectivity index (χ4n) is 1.11. The van der Waals surface area contributed by atoms with E-state index < -0.39 is 29.9 Å². The molecule has 1 atom stereocenters. The highest BCUT2D eigenvalue weighted by Gasteiger charge is 2.69. The summed E-state index contributed by atoms with van der Waals surface area (Å²) in [7, 11) is 0. The molecule has 1 aromatic rings. The van der Waals surface area contributed by atoms with E-state index in [1.54, 1.807) is 0 Å². The third-order valence-electron chi connectivity index (χ3n) is 2.04. The standard InChI is InChI=1S/C10H8F6O/c11-9(12,13)8(17,10(14,15)16)6-7-4-2-1-3-5-7/h1-5,17H,6H2/i6D. The quantitative estimate of drug-likeness (QED) is 0.809. The Hall–Kier alpha value is -1.24. The van der Waals surface area contributed by atoms with Gasteiger partial charge in [-0.2, -0.15) is 26.3 Å².